The number of thioether (sulfide) groups is 1. The van der Waals surface area contributed by atoms with E-state index in [1.54, 1.807) is 47.9 Å². The van der Waals surface area contributed by atoms with Crippen LogP contribution in [0.25, 0.3) is 0 Å². The molecule has 1 fully saturated rings. The van der Waals surface area contributed by atoms with Crippen molar-refractivity contribution in [3.05, 3.63) is 29.8 Å². The molecule has 2 rings (SSSR count). The van der Waals surface area contributed by atoms with Crippen LogP contribution in [0.3, 0.4) is 0 Å². The van der Waals surface area contributed by atoms with Crippen molar-refractivity contribution >= 4 is 29.5 Å². The third-order valence-electron chi connectivity index (χ3n) is 3.91. The van der Waals surface area contributed by atoms with E-state index in [2.05, 4.69) is 5.32 Å². The van der Waals surface area contributed by atoms with Crippen molar-refractivity contribution in [1.82, 2.24) is 10.2 Å². The Hall–Kier alpha value is -2.22. The first kappa shape index (κ1) is 19.1. The lowest BCUT2D eigenvalue weighted by atomic mass is 10.1. The molecule has 2 atom stereocenters. The second-order valence-corrected chi connectivity index (χ2v) is 6.71. The van der Waals surface area contributed by atoms with E-state index in [9.17, 15) is 14.4 Å². The molecule has 0 aromatic heterocycles. The largest absolute Gasteiger partial charge is 0.482 e. The van der Waals surface area contributed by atoms with E-state index in [-0.39, 0.29) is 17.9 Å². The highest BCUT2D eigenvalue weighted by Gasteiger charge is 2.34. The normalized spacial score (nSPS) is 17.8. The van der Waals surface area contributed by atoms with Gasteiger partial charge in [-0.1, -0.05) is 19.1 Å². The third kappa shape index (κ3) is 5.12. The molecule has 0 saturated carbocycles. The minimum absolute atomic E-state index is 0.0160. The molecule has 0 radical (unpaired) electrons. The number of aliphatic carboxylic acids is 1. The molecule has 1 heterocycles. The molecule has 7 nitrogen and oxygen atoms in total. The Kier molecular flexibility index (Phi) is 6.69. The number of carboxylic acid groups (broad SMARTS) is 1. The molecule has 2 unspecified atom stereocenters. The molecular formula is C17H22N2O5S. The number of benzene rings is 1. The average Bonchev–Trinajstić information content (AvgIpc) is 3.09. The number of ether oxygens (including phenoxy) is 1. The summed E-state index contributed by atoms with van der Waals surface area (Å²) in [5, 5.41) is 11.5. The first-order chi connectivity index (χ1) is 11.9. The van der Waals surface area contributed by atoms with E-state index in [4.69, 9.17) is 9.84 Å². The van der Waals surface area contributed by atoms with E-state index in [1.807, 2.05) is 6.92 Å². The number of nitrogens with one attached hydrogen (secondary N) is 1. The van der Waals surface area contributed by atoms with Crippen molar-refractivity contribution < 1.29 is 24.2 Å². The lowest BCUT2D eigenvalue weighted by Crippen LogP contribution is -2.47. The van der Waals surface area contributed by atoms with Crippen LogP contribution in [0.1, 0.15) is 31.9 Å². The predicted molar refractivity (Wildman–Crippen MR) is 94.4 cm³/mol. The maximum absolute atomic E-state index is 12.5. The summed E-state index contributed by atoms with van der Waals surface area (Å²) in [4.78, 5) is 36.5. The fourth-order valence-electron chi connectivity index (χ4n) is 2.50. The number of carboxylic acids is 1. The van der Waals surface area contributed by atoms with Gasteiger partial charge in [-0.25, -0.2) is 4.79 Å². The number of amides is 2. The van der Waals surface area contributed by atoms with E-state index in [1.165, 1.54) is 0 Å². The summed E-state index contributed by atoms with van der Waals surface area (Å²) in [7, 11) is 0. The Balaban J connectivity index is 1.94. The molecule has 2 N–H and O–H groups in total. The van der Waals surface area contributed by atoms with Gasteiger partial charge in [-0.3, -0.25) is 9.59 Å². The van der Waals surface area contributed by atoms with Gasteiger partial charge < -0.3 is 20.1 Å². The summed E-state index contributed by atoms with van der Waals surface area (Å²) in [5.41, 5.74) is 0.870. The molecule has 8 heteroatoms. The molecule has 1 aliphatic heterocycles. The Morgan fingerprint density at radius 1 is 1.36 bits per heavy atom. The zero-order valence-electron chi connectivity index (χ0n) is 14.2. The maximum Gasteiger partial charge on any atom is 0.341 e. The van der Waals surface area contributed by atoms with Crippen molar-refractivity contribution in [2.75, 3.05) is 18.2 Å². The molecule has 2 amide bonds. The minimum atomic E-state index is -1.04. The van der Waals surface area contributed by atoms with E-state index >= 15 is 0 Å². The highest BCUT2D eigenvalue weighted by Crippen LogP contribution is 2.23. The molecular weight excluding hydrogens is 344 g/mol. The van der Waals surface area contributed by atoms with Crippen LogP contribution in [0.2, 0.25) is 0 Å². The lowest BCUT2D eigenvalue weighted by molar-refractivity contribution is -0.139. The Morgan fingerprint density at radius 3 is 2.64 bits per heavy atom. The van der Waals surface area contributed by atoms with Gasteiger partial charge in [0, 0.05) is 12.2 Å². The first-order valence-electron chi connectivity index (χ1n) is 8.04. The van der Waals surface area contributed by atoms with Crippen molar-refractivity contribution in [2.24, 2.45) is 0 Å². The Morgan fingerprint density at radius 2 is 2.04 bits per heavy atom. The predicted octanol–water partition coefficient (Wildman–Crippen LogP) is 1.64. The summed E-state index contributed by atoms with van der Waals surface area (Å²) in [6.45, 7) is 3.25. The molecule has 136 valence electrons. The number of rotatable bonds is 7. The molecule has 0 aliphatic carbocycles. The van der Waals surface area contributed by atoms with Crippen LogP contribution in [0.5, 0.6) is 5.75 Å². The first-order valence-corrected chi connectivity index (χ1v) is 9.20. The molecule has 0 bridgehead atoms. The third-order valence-corrected chi connectivity index (χ3v) is 4.92. The summed E-state index contributed by atoms with van der Waals surface area (Å²) < 4.78 is 5.08. The van der Waals surface area contributed by atoms with Gasteiger partial charge in [-0.05, 0) is 24.6 Å². The second-order valence-electron chi connectivity index (χ2n) is 5.71. The van der Waals surface area contributed by atoms with Crippen LogP contribution in [0.4, 0.5) is 0 Å². The number of hydrogen-bond acceptors (Lipinski definition) is 5. The van der Waals surface area contributed by atoms with Gasteiger partial charge >= 0.3 is 5.97 Å². The van der Waals surface area contributed by atoms with Crippen molar-refractivity contribution in [3.63, 3.8) is 0 Å². The summed E-state index contributed by atoms with van der Waals surface area (Å²) in [6, 6.07) is 6.22. The van der Waals surface area contributed by atoms with Crippen molar-refractivity contribution in [2.45, 2.75) is 32.4 Å². The zero-order valence-corrected chi connectivity index (χ0v) is 15.0. The number of nitrogens with zero attached hydrogens (tertiary/aromatic N) is 1. The topological polar surface area (TPSA) is 95.9 Å². The molecule has 1 aromatic carbocycles. The van der Waals surface area contributed by atoms with Gasteiger partial charge in [0.15, 0.2) is 6.61 Å². The van der Waals surface area contributed by atoms with Crippen LogP contribution in [-0.4, -0.2) is 52.1 Å². The molecule has 1 saturated heterocycles. The highest BCUT2D eigenvalue weighted by molar-refractivity contribution is 7.99. The van der Waals surface area contributed by atoms with E-state index in [0.29, 0.717) is 23.8 Å². The standard InChI is InChI=1S/C17H22N2O5S/c1-3-15(20)19-10-25-9-14(19)17(23)18-11(2)12-4-6-13(7-5-12)24-8-16(21)22/h4-7,11,14H,3,8-10H2,1-2H3,(H,18,23)(H,21,22). The van der Waals surface area contributed by atoms with Gasteiger partial charge in [-0.15, -0.1) is 11.8 Å². The van der Waals surface area contributed by atoms with Crippen LogP contribution in [-0.2, 0) is 14.4 Å². The maximum atomic E-state index is 12.5. The summed E-state index contributed by atoms with van der Waals surface area (Å²) in [6.07, 6.45) is 0.387. The summed E-state index contributed by atoms with van der Waals surface area (Å²) >= 11 is 1.57. The lowest BCUT2D eigenvalue weighted by Gasteiger charge is -2.24. The number of hydrogen-bond donors (Lipinski definition) is 2. The highest BCUT2D eigenvalue weighted by atomic mass is 32.2. The van der Waals surface area contributed by atoms with Crippen LogP contribution < -0.4 is 10.1 Å². The van der Waals surface area contributed by atoms with E-state index < -0.39 is 18.6 Å². The van der Waals surface area contributed by atoms with Gasteiger partial charge in [0.05, 0.1) is 11.9 Å². The Bertz CT molecular complexity index is 634. The smallest absolute Gasteiger partial charge is 0.341 e. The average molecular weight is 366 g/mol. The molecule has 1 aliphatic rings. The fourth-order valence-corrected chi connectivity index (χ4v) is 3.68. The SMILES string of the molecule is CCC(=O)N1CSCC1C(=O)NC(C)c1ccc(OCC(=O)O)cc1. The second kappa shape index (κ2) is 8.75. The Labute approximate surface area is 150 Å². The van der Waals surface area contributed by atoms with Crippen LogP contribution in [0, 0.1) is 0 Å². The van der Waals surface area contributed by atoms with Crippen molar-refractivity contribution in [1.29, 1.82) is 0 Å². The van der Waals surface area contributed by atoms with Gasteiger partial charge in [0.1, 0.15) is 11.8 Å². The molecule has 1 aromatic rings. The molecule has 0 spiro atoms. The monoisotopic (exact) mass is 366 g/mol. The number of carbonyl (C=O) groups is 3. The zero-order chi connectivity index (χ0) is 18.4. The van der Waals surface area contributed by atoms with E-state index in [0.717, 1.165) is 5.56 Å². The van der Waals surface area contributed by atoms with Gasteiger partial charge in [-0.2, -0.15) is 0 Å². The quantitative estimate of drug-likeness (QED) is 0.762. The van der Waals surface area contributed by atoms with Crippen LogP contribution >= 0.6 is 11.8 Å². The minimum Gasteiger partial charge on any atom is -0.482 e. The van der Waals surface area contributed by atoms with Gasteiger partial charge in [0.2, 0.25) is 11.8 Å². The van der Waals surface area contributed by atoms with Gasteiger partial charge in [0.25, 0.3) is 0 Å². The summed E-state index contributed by atoms with van der Waals surface area (Å²) in [5.74, 6) is 0.395. The van der Waals surface area contributed by atoms with Crippen molar-refractivity contribution in [3.8, 4) is 5.75 Å². The fraction of sp³-hybridized carbons (Fsp3) is 0.471. The molecule has 25 heavy (non-hydrogen) atoms. The van der Waals surface area contributed by atoms with Crippen LogP contribution in [0.15, 0.2) is 24.3 Å². The number of carbonyl (C=O) groups excluding carboxylic acids is 2.